The maximum atomic E-state index is 5.94. The molecule has 2 aromatic rings. The molecule has 0 amide bonds. The molecule has 2 N–H and O–H groups in total. The maximum absolute atomic E-state index is 5.94. The molecule has 0 bridgehead atoms. The van der Waals surface area contributed by atoms with Crippen LogP contribution in [0.2, 0.25) is 0 Å². The Morgan fingerprint density at radius 2 is 2.12 bits per heavy atom. The summed E-state index contributed by atoms with van der Waals surface area (Å²) in [4.78, 5) is 4.25. The average Bonchev–Trinajstić information content (AvgIpc) is 3.08. The molecule has 2 heterocycles. The monoisotopic (exact) mass is 344 g/mol. The summed E-state index contributed by atoms with van der Waals surface area (Å²) in [6.45, 7) is 2.22. The summed E-state index contributed by atoms with van der Waals surface area (Å²) in [5, 5.41) is 15.0. The van der Waals surface area contributed by atoms with Gasteiger partial charge in [0.2, 0.25) is 0 Å². The second kappa shape index (κ2) is 9.36. The Hall–Kier alpha value is -2.15. The van der Waals surface area contributed by atoms with Crippen LogP contribution in [0.3, 0.4) is 0 Å². The predicted octanol–water partition coefficient (Wildman–Crippen LogP) is 2.13. The fraction of sp³-hybridized carbons (Fsp3) is 0.611. The van der Waals surface area contributed by atoms with Gasteiger partial charge < -0.3 is 15.4 Å². The van der Waals surface area contributed by atoms with Crippen molar-refractivity contribution in [2.24, 2.45) is 4.99 Å². The smallest absolute Gasteiger partial charge is 0.191 e. The summed E-state index contributed by atoms with van der Waals surface area (Å²) in [6.07, 6.45) is 9.87. The van der Waals surface area contributed by atoms with Gasteiger partial charge in [-0.05, 0) is 31.4 Å². The molecule has 0 radical (unpaired) electrons. The molecule has 2 aromatic heterocycles. The highest BCUT2D eigenvalue weighted by Gasteiger charge is 2.13. The molecule has 0 unspecified atom stereocenters. The first-order chi connectivity index (χ1) is 12.4. The third-order valence-electron chi connectivity index (χ3n) is 4.54. The van der Waals surface area contributed by atoms with Gasteiger partial charge >= 0.3 is 0 Å². The zero-order chi connectivity index (χ0) is 17.3. The summed E-state index contributed by atoms with van der Waals surface area (Å²) >= 11 is 0. The zero-order valence-electron chi connectivity index (χ0n) is 14.9. The number of nitrogens with zero attached hydrogens (tertiary/aromatic N) is 4. The Morgan fingerprint density at radius 3 is 2.96 bits per heavy atom. The first kappa shape index (κ1) is 17.7. The van der Waals surface area contributed by atoms with Gasteiger partial charge in [-0.15, -0.1) is 10.2 Å². The molecule has 136 valence electrons. The lowest BCUT2D eigenvalue weighted by Crippen LogP contribution is -2.38. The minimum atomic E-state index is 0.479. The average molecular weight is 344 g/mol. The van der Waals surface area contributed by atoms with Crippen LogP contribution in [0.1, 0.15) is 44.3 Å². The lowest BCUT2D eigenvalue weighted by molar-refractivity contribution is 0.0277. The molecule has 7 nitrogen and oxygen atoms in total. The fourth-order valence-corrected chi connectivity index (χ4v) is 3.16. The van der Waals surface area contributed by atoms with Crippen LogP contribution in [0.25, 0.3) is 5.65 Å². The van der Waals surface area contributed by atoms with Gasteiger partial charge in [-0.3, -0.25) is 9.39 Å². The predicted molar refractivity (Wildman–Crippen MR) is 98.6 cm³/mol. The number of hydrogen-bond donors (Lipinski definition) is 2. The van der Waals surface area contributed by atoms with E-state index in [1.165, 1.54) is 32.1 Å². The van der Waals surface area contributed by atoms with Crippen molar-refractivity contribution in [3.63, 3.8) is 0 Å². The number of fused-ring (bicyclic) bond motifs is 1. The Morgan fingerprint density at radius 1 is 1.24 bits per heavy atom. The second-order valence-electron chi connectivity index (χ2n) is 6.38. The largest absolute Gasteiger partial charge is 0.378 e. The minimum Gasteiger partial charge on any atom is -0.378 e. The van der Waals surface area contributed by atoms with Crippen molar-refractivity contribution in [1.29, 1.82) is 0 Å². The van der Waals surface area contributed by atoms with Crippen LogP contribution in [0, 0.1) is 0 Å². The third kappa shape index (κ3) is 5.16. The molecule has 0 saturated heterocycles. The molecule has 0 aromatic carbocycles. The van der Waals surface area contributed by atoms with E-state index >= 15 is 0 Å². The molecule has 1 fully saturated rings. The van der Waals surface area contributed by atoms with Crippen LogP contribution in [0.5, 0.6) is 0 Å². The van der Waals surface area contributed by atoms with Crippen molar-refractivity contribution in [3.05, 3.63) is 30.2 Å². The number of ether oxygens (including phenoxy) is 1. The van der Waals surface area contributed by atoms with E-state index in [0.29, 0.717) is 12.6 Å². The molecule has 1 saturated carbocycles. The SMILES string of the molecule is CN=C(NCCCOC1CCCCC1)NCc1nnc2ccccn12. The first-order valence-electron chi connectivity index (χ1n) is 9.21. The second-order valence-corrected chi connectivity index (χ2v) is 6.38. The summed E-state index contributed by atoms with van der Waals surface area (Å²) in [7, 11) is 1.77. The number of hydrogen-bond acceptors (Lipinski definition) is 4. The van der Waals surface area contributed by atoms with Crippen molar-refractivity contribution in [2.45, 2.75) is 51.2 Å². The normalized spacial score (nSPS) is 16.3. The standard InChI is InChI=1S/C18H28N6O/c1-19-18(20-11-7-13-25-15-8-3-2-4-9-15)21-14-17-23-22-16-10-5-6-12-24(16)17/h5-6,10,12,15H,2-4,7-9,11,13-14H2,1H3,(H2,19,20,21). The Kier molecular flexibility index (Phi) is 6.62. The van der Waals surface area contributed by atoms with Crippen LogP contribution in [-0.2, 0) is 11.3 Å². The lowest BCUT2D eigenvalue weighted by Gasteiger charge is -2.22. The van der Waals surface area contributed by atoms with Gasteiger partial charge in [0, 0.05) is 26.4 Å². The van der Waals surface area contributed by atoms with Gasteiger partial charge in [0.25, 0.3) is 0 Å². The van der Waals surface area contributed by atoms with Crippen molar-refractivity contribution in [2.75, 3.05) is 20.2 Å². The summed E-state index contributed by atoms with van der Waals surface area (Å²) < 4.78 is 7.91. The number of aliphatic imine (C=N–C) groups is 1. The molecule has 7 heteroatoms. The molecule has 0 aliphatic heterocycles. The Balaban J connectivity index is 1.35. The molecule has 0 atom stereocenters. The quantitative estimate of drug-likeness (QED) is 0.457. The summed E-state index contributed by atoms with van der Waals surface area (Å²) in [6, 6.07) is 5.87. The highest BCUT2D eigenvalue weighted by Crippen LogP contribution is 2.20. The summed E-state index contributed by atoms with van der Waals surface area (Å²) in [5.41, 5.74) is 0.849. The number of rotatable bonds is 7. The van der Waals surface area contributed by atoms with Gasteiger partial charge in [0.1, 0.15) is 0 Å². The first-order valence-corrected chi connectivity index (χ1v) is 9.21. The van der Waals surface area contributed by atoms with E-state index in [9.17, 15) is 0 Å². The van der Waals surface area contributed by atoms with E-state index in [1.54, 1.807) is 7.05 Å². The van der Waals surface area contributed by atoms with Gasteiger partial charge in [-0.25, -0.2) is 0 Å². The fourth-order valence-electron chi connectivity index (χ4n) is 3.16. The molecule has 3 rings (SSSR count). The molecular weight excluding hydrogens is 316 g/mol. The van der Waals surface area contributed by atoms with Crippen LogP contribution in [-0.4, -0.2) is 46.9 Å². The minimum absolute atomic E-state index is 0.479. The summed E-state index contributed by atoms with van der Waals surface area (Å²) in [5.74, 6) is 1.63. The molecule has 25 heavy (non-hydrogen) atoms. The maximum Gasteiger partial charge on any atom is 0.191 e. The lowest BCUT2D eigenvalue weighted by atomic mass is 9.98. The molecular formula is C18H28N6O. The number of guanidine groups is 1. The van der Waals surface area contributed by atoms with E-state index in [1.807, 2.05) is 28.8 Å². The third-order valence-corrected chi connectivity index (χ3v) is 4.54. The Bertz CT molecular complexity index is 677. The van der Waals surface area contributed by atoms with Gasteiger partial charge in [-0.1, -0.05) is 25.3 Å². The van der Waals surface area contributed by atoms with E-state index in [0.717, 1.165) is 37.0 Å². The molecule has 1 aliphatic rings. The van der Waals surface area contributed by atoms with Crippen molar-refractivity contribution < 1.29 is 4.74 Å². The van der Waals surface area contributed by atoms with Crippen LogP contribution in [0.4, 0.5) is 0 Å². The number of nitrogens with one attached hydrogen (secondary N) is 2. The van der Waals surface area contributed by atoms with Gasteiger partial charge in [0.15, 0.2) is 17.4 Å². The number of aromatic nitrogens is 3. The van der Waals surface area contributed by atoms with Gasteiger partial charge in [-0.2, -0.15) is 0 Å². The van der Waals surface area contributed by atoms with Crippen molar-refractivity contribution >= 4 is 11.6 Å². The number of pyridine rings is 1. The van der Waals surface area contributed by atoms with Crippen LogP contribution >= 0.6 is 0 Å². The van der Waals surface area contributed by atoms with Crippen LogP contribution in [0.15, 0.2) is 29.4 Å². The van der Waals surface area contributed by atoms with E-state index in [-0.39, 0.29) is 0 Å². The molecule has 1 aliphatic carbocycles. The van der Waals surface area contributed by atoms with E-state index < -0.39 is 0 Å². The van der Waals surface area contributed by atoms with Crippen molar-refractivity contribution in [3.8, 4) is 0 Å². The van der Waals surface area contributed by atoms with Crippen molar-refractivity contribution in [1.82, 2.24) is 25.2 Å². The topological polar surface area (TPSA) is 75.8 Å². The molecule has 0 spiro atoms. The van der Waals surface area contributed by atoms with E-state index in [2.05, 4.69) is 25.8 Å². The highest BCUT2D eigenvalue weighted by atomic mass is 16.5. The van der Waals surface area contributed by atoms with Gasteiger partial charge in [0.05, 0.1) is 12.6 Å². The zero-order valence-corrected chi connectivity index (χ0v) is 14.9. The Labute approximate surface area is 148 Å². The highest BCUT2D eigenvalue weighted by molar-refractivity contribution is 5.79. The van der Waals surface area contributed by atoms with E-state index in [4.69, 9.17) is 4.74 Å². The van der Waals surface area contributed by atoms with Crippen LogP contribution < -0.4 is 10.6 Å².